The second-order valence-electron chi connectivity index (χ2n) is 7.64. The quantitative estimate of drug-likeness (QED) is 0.529. The summed E-state index contributed by atoms with van der Waals surface area (Å²) in [6.07, 6.45) is -0.227. The lowest BCUT2D eigenvalue weighted by Crippen LogP contribution is -2.41. The standard InChI is InChI=1S/C23H25N5O4S/c29-21(24-14-18-15-31-19-8-4-5-9-20(19)32-18)16-33-23-26-25-22(27-10-12-30-13-11-27)28(23)17-6-2-1-3-7-17/h1-9,18H,10-16H2,(H,24,29). The van der Waals surface area contributed by atoms with Gasteiger partial charge < -0.3 is 24.4 Å². The third kappa shape index (κ3) is 5.07. The molecule has 2 aliphatic heterocycles. The van der Waals surface area contributed by atoms with Gasteiger partial charge in [-0.25, -0.2) is 0 Å². The van der Waals surface area contributed by atoms with Crippen molar-refractivity contribution in [1.29, 1.82) is 0 Å². The lowest BCUT2D eigenvalue weighted by molar-refractivity contribution is -0.119. The van der Waals surface area contributed by atoms with E-state index in [2.05, 4.69) is 20.4 Å². The molecule has 1 saturated heterocycles. The Morgan fingerprint density at radius 2 is 1.79 bits per heavy atom. The van der Waals surface area contributed by atoms with Gasteiger partial charge in [-0.15, -0.1) is 10.2 Å². The number of carbonyl (C=O) groups is 1. The molecule has 172 valence electrons. The molecule has 2 aromatic carbocycles. The summed E-state index contributed by atoms with van der Waals surface area (Å²) in [7, 11) is 0. The molecule has 1 N–H and O–H groups in total. The predicted molar refractivity (Wildman–Crippen MR) is 124 cm³/mol. The fourth-order valence-corrected chi connectivity index (χ4v) is 4.48. The lowest BCUT2D eigenvalue weighted by Gasteiger charge is -2.28. The second kappa shape index (κ2) is 10.1. The van der Waals surface area contributed by atoms with Crippen LogP contribution in [0.15, 0.2) is 59.8 Å². The maximum Gasteiger partial charge on any atom is 0.232 e. The highest BCUT2D eigenvalue weighted by Crippen LogP contribution is 2.31. The van der Waals surface area contributed by atoms with Crippen LogP contribution in [0.2, 0.25) is 0 Å². The van der Waals surface area contributed by atoms with Gasteiger partial charge in [0.15, 0.2) is 16.7 Å². The van der Waals surface area contributed by atoms with Crippen molar-refractivity contribution in [2.45, 2.75) is 11.3 Å². The Bertz CT molecular complexity index is 1090. The maximum absolute atomic E-state index is 12.5. The van der Waals surface area contributed by atoms with Crippen LogP contribution in [0, 0.1) is 0 Å². The summed E-state index contributed by atoms with van der Waals surface area (Å²) in [4.78, 5) is 14.7. The summed E-state index contributed by atoms with van der Waals surface area (Å²) in [5.74, 6) is 2.31. The number of amides is 1. The lowest BCUT2D eigenvalue weighted by atomic mass is 10.2. The number of hydrogen-bond donors (Lipinski definition) is 1. The summed E-state index contributed by atoms with van der Waals surface area (Å²) >= 11 is 1.36. The molecule has 3 aromatic rings. The number of ether oxygens (including phenoxy) is 3. The molecule has 0 saturated carbocycles. The minimum atomic E-state index is -0.227. The minimum Gasteiger partial charge on any atom is -0.486 e. The van der Waals surface area contributed by atoms with Crippen LogP contribution in [0.1, 0.15) is 0 Å². The van der Waals surface area contributed by atoms with E-state index in [1.54, 1.807) is 0 Å². The highest BCUT2D eigenvalue weighted by Gasteiger charge is 2.23. The van der Waals surface area contributed by atoms with Gasteiger partial charge in [0, 0.05) is 13.1 Å². The largest absolute Gasteiger partial charge is 0.486 e. The summed E-state index contributed by atoms with van der Waals surface area (Å²) in [5.41, 5.74) is 0.957. The topological polar surface area (TPSA) is 90.7 Å². The van der Waals surface area contributed by atoms with Gasteiger partial charge in [0.05, 0.1) is 31.2 Å². The first kappa shape index (κ1) is 21.6. The number of hydrogen-bond acceptors (Lipinski definition) is 8. The number of rotatable bonds is 7. The number of aromatic nitrogens is 3. The number of nitrogens with one attached hydrogen (secondary N) is 1. The average Bonchev–Trinajstić information content (AvgIpc) is 3.31. The zero-order chi connectivity index (χ0) is 22.5. The predicted octanol–water partition coefficient (Wildman–Crippen LogP) is 2.15. The fraction of sp³-hybridized carbons (Fsp3) is 0.348. The van der Waals surface area contributed by atoms with Gasteiger partial charge in [0.1, 0.15) is 12.7 Å². The number of para-hydroxylation sites is 3. The number of fused-ring (bicyclic) bond motifs is 1. The summed E-state index contributed by atoms with van der Waals surface area (Å²) < 4.78 is 19.1. The zero-order valence-electron chi connectivity index (χ0n) is 18.1. The van der Waals surface area contributed by atoms with Gasteiger partial charge in [-0.05, 0) is 24.3 Å². The first-order valence-electron chi connectivity index (χ1n) is 10.9. The maximum atomic E-state index is 12.5. The number of nitrogens with zero attached hydrogens (tertiary/aromatic N) is 4. The van der Waals surface area contributed by atoms with Crippen molar-refractivity contribution in [3.63, 3.8) is 0 Å². The molecule has 1 atom stereocenters. The number of anilines is 1. The molecule has 1 fully saturated rings. The van der Waals surface area contributed by atoms with Crippen molar-refractivity contribution in [2.24, 2.45) is 0 Å². The van der Waals surface area contributed by atoms with E-state index in [4.69, 9.17) is 14.2 Å². The first-order valence-corrected chi connectivity index (χ1v) is 11.9. The molecule has 0 spiro atoms. The third-order valence-corrected chi connectivity index (χ3v) is 6.28. The molecule has 2 aliphatic rings. The van der Waals surface area contributed by atoms with Crippen molar-refractivity contribution in [1.82, 2.24) is 20.1 Å². The molecule has 3 heterocycles. The highest BCUT2D eigenvalue weighted by molar-refractivity contribution is 7.99. The number of morpholine rings is 1. The average molecular weight is 468 g/mol. The van der Waals surface area contributed by atoms with Crippen molar-refractivity contribution in [3.05, 3.63) is 54.6 Å². The van der Waals surface area contributed by atoms with Crippen LogP contribution in [0.4, 0.5) is 5.95 Å². The molecular formula is C23H25N5O4S. The molecule has 5 rings (SSSR count). The van der Waals surface area contributed by atoms with Gasteiger partial charge in [-0.2, -0.15) is 0 Å². The van der Waals surface area contributed by atoms with Crippen molar-refractivity contribution < 1.29 is 19.0 Å². The Hall–Kier alpha value is -3.24. The zero-order valence-corrected chi connectivity index (χ0v) is 18.9. The third-order valence-electron chi connectivity index (χ3n) is 5.35. The van der Waals surface area contributed by atoms with Gasteiger partial charge >= 0.3 is 0 Å². The van der Waals surface area contributed by atoms with Crippen LogP contribution in [-0.4, -0.2) is 72.0 Å². The number of carbonyl (C=O) groups excluding carboxylic acids is 1. The molecule has 1 aromatic heterocycles. The Morgan fingerprint density at radius 3 is 2.61 bits per heavy atom. The van der Waals surface area contributed by atoms with Gasteiger partial charge in [-0.3, -0.25) is 9.36 Å². The van der Waals surface area contributed by atoms with E-state index in [1.165, 1.54) is 11.8 Å². The fourth-order valence-electron chi connectivity index (χ4n) is 3.70. The molecule has 0 radical (unpaired) electrons. The molecule has 0 aliphatic carbocycles. The van der Waals surface area contributed by atoms with Gasteiger partial charge in [-0.1, -0.05) is 42.1 Å². The molecule has 0 bridgehead atoms. The highest BCUT2D eigenvalue weighted by atomic mass is 32.2. The van der Waals surface area contributed by atoms with E-state index in [1.807, 2.05) is 59.2 Å². The SMILES string of the molecule is O=C(CSc1nnc(N2CCOCC2)n1-c1ccccc1)NCC1COc2ccccc2O1. The van der Waals surface area contributed by atoms with E-state index in [0.29, 0.717) is 37.3 Å². The Balaban J connectivity index is 1.21. The summed E-state index contributed by atoms with van der Waals surface area (Å²) in [6.45, 7) is 3.59. The minimum absolute atomic E-state index is 0.0991. The van der Waals surface area contributed by atoms with Crippen molar-refractivity contribution >= 4 is 23.6 Å². The summed E-state index contributed by atoms with van der Waals surface area (Å²) in [6, 6.07) is 17.5. The van der Waals surface area contributed by atoms with Crippen LogP contribution < -0.4 is 19.7 Å². The van der Waals surface area contributed by atoms with Crippen LogP contribution in [0.5, 0.6) is 11.5 Å². The molecule has 1 unspecified atom stereocenters. The Morgan fingerprint density at radius 1 is 1.03 bits per heavy atom. The molecule has 10 heteroatoms. The van der Waals surface area contributed by atoms with Crippen LogP contribution >= 0.6 is 11.8 Å². The molecule has 33 heavy (non-hydrogen) atoms. The Labute approximate surface area is 196 Å². The van der Waals surface area contributed by atoms with Gasteiger partial charge in [0.2, 0.25) is 11.9 Å². The van der Waals surface area contributed by atoms with E-state index in [0.717, 1.165) is 30.5 Å². The second-order valence-corrected chi connectivity index (χ2v) is 8.59. The van der Waals surface area contributed by atoms with Crippen LogP contribution in [-0.2, 0) is 9.53 Å². The number of thioether (sulfide) groups is 1. The van der Waals surface area contributed by atoms with E-state index >= 15 is 0 Å². The van der Waals surface area contributed by atoms with Crippen LogP contribution in [0.25, 0.3) is 5.69 Å². The Kier molecular flexibility index (Phi) is 6.63. The molecule has 1 amide bonds. The first-order chi connectivity index (χ1) is 16.3. The van der Waals surface area contributed by atoms with Crippen molar-refractivity contribution in [2.75, 3.05) is 50.1 Å². The molecule has 9 nitrogen and oxygen atoms in total. The van der Waals surface area contributed by atoms with Gasteiger partial charge in [0.25, 0.3) is 0 Å². The van der Waals surface area contributed by atoms with Crippen molar-refractivity contribution in [3.8, 4) is 17.2 Å². The normalized spacial score (nSPS) is 17.6. The van der Waals surface area contributed by atoms with E-state index in [9.17, 15) is 4.79 Å². The van der Waals surface area contributed by atoms with E-state index < -0.39 is 0 Å². The van der Waals surface area contributed by atoms with Crippen LogP contribution in [0.3, 0.4) is 0 Å². The summed E-state index contributed by atoms with van der Waals surface area (Å²) in [5, 5.41) is 12.4. The van der Waals surface area contributed by atoms with E-state index in [-0.39, 0.29) is 17.8 Å². The molecular weight excluding hydrogens is 442 g/mol. The monoisotopic (exact) mass is 467 g/mol. The smallest absolute Gasteiger partial charge is 0.232 e. The number of benzene rings is 2.